The minimum Gasteiger partial charge on any atom is -0.494 e. The van der Waals surface area contributed by atoms with Gasteiger partial charge in [-0.2, -0.15) is 4.72 Å². The zero-order valence-electron chi connectivity index (χ0n) is 14.3. The third kappa shape index (κ3) is 4.61. The highest BCUT2D eigenvalue weighted by Gasteiger charge is 2.16. The Kier molecular flexibility index (Phi) is 5.69. The smallest absolute Gasteiger partial charge is 0.241 e. The van der Waals surface area contributed by atoms with Crippen molar-refractivity contribution >= 4 is 10.0 Å². The zero-order valence-corrected chi connectivity index (χ0v) is 15.1. The Morgan fingerprint density at radius 3 is 2.74 bits per heavy atom. The summed E-state index contributed by atoms with van der Waals surface area (Å²) in [6, 6.07) is 8.51. The molecule has 1 heterocycles. The molecule has 9 heteroatoms. The summed E-state index contributed by atoms with van der Waals surface area (Å²) in [6.07, 6.45) is 0. The Hall–Kier alpha value is -2.96. The van der Waals surface area contributed by atoms with Crippen molar-refractivity contribution in [2.45, 2.75) is 4.90 Å². The average Bonchev–Trinajstić information content (AvgIpc) is 3.12. The van der Waals surface area contributed by atoms with Gasteiger partial charge in [0.15, 0.2) is 23.1 Å². The predicted molar refractivity (Wildman–Crippen MR) is 94.0 cm³/mol. The van der Waals surface area contributed by atoms with Crippen LogP contribution in [0.2, 0.25) is 0 Å². The number of nitrogens with one attached hydrogen (secondary N) is 1. The minimum absolute atomic E-state index is 0.0330. The van der Waals surface area contributed by atoms with Gasteiger partial charge in [-0.05, 0) is 30.3 Å². The highest BCUT2D eigenvalue weighted by molar-refractivity contribution is 7.89. The molecule has 7 nitrogen and oxygen atoms in total. The van der Waals surface area contributed by atoms with Crippen molar-refractivity contribution in [2.75, 3.05) is 27.1 Å². The van der Waals surface area contributed by atoms with Gasteiger partial charge in [0.2, 0.25) is 16.8 Å². The maximum absolute atomic E-state index is 13.6. The number of methoxy groups -OCH3 is 1. The normalized spacial score (nSPS) is 12.2. The molecule has 1 N–H and O–H groups in total. The Balaban J connectivity index is 1.50. The van der Waals surface area contributed by atoms with Crippen molar-refractivity contribution in [1.82, 2.24) is 4.72 Å². The lowest BCUT2D eigenvalue weighted by atomic mass is 10.3. The van der Waals surface area contributed by atoms with Crippen molar-refractivity contribution in [3.8, 4) is 34.8 Å². The second-order valence-corrected chi connectivity index (χ2v) is 7.05. The van der Waals surface area contributed by atoms with Gasteiger partial charge in [0.1, 0.15) is 12.4 Å². The standard InChI is InChI=1S/C18H16FNO6S/c1-23-16-7-5-14(11-15(16)19)27(21,22)20-8-2-3-9-24-13-4-6-17-18(10-13)26-12-25-17/h4-7,10-11,20H,8-9,12H2,1H3. The molecule has 1 aliphatic heterocycles. The van der Waals surface area contributed by atoms with Crippen LogP contribution in [0.3, 0.4) is 0 Å². The molecule has 2 aromatic rings. The van der Waals surface area contributed by atoms with Crippen LogP contribution in [0.4, 0.5) is 4.39 Å². The van der Waals surface area contributed by atoms with Gasteiger partial charge in [0.25, 0.3) is 0 Å². The molecule has 1 aliphatic rings. The van der Waals surface area contributed by atoms with E-state index in [1.165, 1.54) is 19.2 Å². The van der Waals surface area contributed by atoms with Crippen LogP contribution in [-0.2, 0) is 10.0 Å². The lowest BCUT2D eigenvalue weighted by molar-refractivity contribution is 0.174. The van der Waals surface area contributed by atoms with Crippen LogP contribution < -0.4 is 23.7 Å². The van der Waals surface area contributed by atoms with Gasteiger partial charge >= 0.3 is 0 Å². The molecule has 142 valence electrons. The first kappa shape index (κ1) is 18.8. The summed E-state index contributed by atoms with van der Waals surface area (Å²) in [7, 11) is -2.58. The van der Waals surface area contributed by atoms with Crippen molar-refractivity contribution in [3.05, 3.63) is 42.2 Å². The average molecular weight is 393 g/mol. The van der Waals surface area contributed by atoms with Crippen molar-refractivity contribution in [2.24, 2.45) is 0 Å². The topological polar surface area (TPSA) is 83.1 Å². The molecular formula is C18H16FNO6S. The van der Waals surface area contributed by atoms with Crippen LogP contribution in [0.15, 0.2) is 41.3 Å². The van der Waals surface area contributed by atoms with Crippen LogP contribution >= 0.6 is 0 Å². The second-order valence-electron chi connectivity index (χ2n) is 5.28. The Bertz CT molecular complexity index is 997. The number of hydrogen-bond acceptors (Lipinski definition) is 6. The predicted octanol–water partition coefficient (Wildman–Crippen LogP) is 1.92. The Morgan fingerprint density at radius 1 is 1.15 bits per heavy atom. The monoisotopic (exact) mass is 393 g/mol. The summed E-state index contributed by atoms with van der Waals surface area (Å²) < 4.78 is 60.7. The van der Waals surface area contributed by atoms with E-state index >= 15 is 0 Å². The molecule has 0 fully saturated rings. The third-order valence-corrected chi connectivity index (χ3v) is 4.96. The van der Waals surface area contributed by atoms with Crippen LogP contribution in [0, 0.1) is 17.7 Å². The fourth-order valence-electron chi connectivity index (χ4n) is 2.23. The van der Waals surface area contributed by atoms with Gasteiger partial charge in [0.05, 0.1) is 18.6 Å². The van der Waals surface area contributed by atoms with Crippen molar-refractivity contribution < 1.29 is 31.8 Å². The molecule has 0 bridgehead atoms. The number of rotatable bonds is 6. The molecular weight excluding hydrogens is 377 g/mol. The minimum atomic E-state index is -3.87. The van der Waals surface area contributed by atoms with E-state index in [1.807, 2.05) is 0 Å². The molecule has 3 rings (SSSR count). The third-order valence-electron chi connectivity index (χ3n) is 3.56. The molecule has 2 aromatic carbocycles. The maximum Gasteiger partial charge on any atom is 0.241 e. The molecule has 0 saturated carbocycles. The van der Waals surface area contributed by atoms with Gasteiger partial charge in [-0.25, -0.2) is 12.8 Å². The SMILES string of the molecule is COc1ccc(S(=O)(=O)NCC#CCOc2ccc3c(c2)OCO3)cc1F. The molecule has 27 heavy (non-hydrogen) atoms. The lowest BCUT2D eigenvalue weighted by Gasteiger charge is -2.06. The summed E-state index contributed by atoms with van der Waals surface area (Å²) in [5, 5.41) is 0. The summed E-state index contributed by atoms with van der Waals surface area (Å²) in [6.45, 7) is 0.107. The first-order valence-corrected chi connectivity index (χ1v) is 9.29. The van der Waals surface area contributed by atoms with Crippen LogP contribution in [0.1, 0.15) is 0 Å². The lowest BCUT2D eigenvalue weighted by Crippen LogP contribution is -2.24. The number of hydrogen-bond donors (Lipinski definition) is 1. The van der Waals surface area contributed by atoms with E-state index in [9.17, 15) is 12.8 Å². The van der Waals surface area contributed by atoms with E-state index in [4.69, 9.17) is 18.9 Å². The highest BCUT2D eigenvalue weighted by atomic mass is 32.2. The zero-order chi connectivity index (χ0) is 19.3. The fraction of sp³-hybridized carbons (Fsp3) is 0.222. The molecule has 0 amide bonds. The fourth-order valence-corrected chi connectivity index (χ4v) is 3.16. The largest absolute Gasteiger partial charge is 0.494 e. The van der Waals surface area contributed by atoms with E-state index in [2.05, 4.69) is 16.6 Å². The molecule has 0 unspecified atom stereocenters. The van der Waals surface area contributed by atoms with Gasteiger partial charge in [-0.3, -0.25) is 0 Å². The molecule has 0 atom stereocenters. The Morgan fingerprint density at radius 2 is 1.96 bits per heavy atom. The maximum atomic E-state index is 13.6. The van der Waals surface area contributed by atoms with Crippen molar-refractivity contribution in [1.29, 1.82) is 0 Å². The highest BCUT2D eigenvalue weighted by Crippen LogP contribution is 2.34. The summed E-state index contributed by atoms with van der Waals surface area (Å²) in [5.41, 5.74) is 0. The van der Waals surface area contributed by atoms with Gasteiger partial charge in [0, 0.05) is 6.07 Å². The molecule has 0 aromatic heterocycles. The first-order chi connectivity index (χ1) is 13.0. The van der Waals surface area contributed by atoms with Gasteiger partial charge in [-0.15, -0.1) is 0 Å². The van der Waals surface area contributed by atoms with Crippen LogP contribution in [0.5, 0.6) is 23.0 Å². The van der Waals surface area contributed by atoms with Crippen LogP contribution in [0.25, 0.3) is 0 Å². The van der Waals surface area contributed by atoms with E-state index < -0.39 is 15.8 Å². The molecule has 0 saturated heterocycles. The van der Waals surface area contributed by atoms with Crippen molar-refractivity contribution in [3.63, 3.8) is 0 Å². The number of fused-ring (bicyclic) bond motifs is 1. The first-order valence-electron chi connectivity index (χ1n) is 7.81. The molecule has 0 aliphatic carbocycles. The quantitative estimate of drug-likeness (QED) is 0.755. The van der Waals surface area contributed by atoms with Gasteiger partial charge in [-0.1, -0.05) is 11.8 Å². The number of halogens is 1. The summed E-state index contributed by atoms with van der Waals surface area (Å²) >= 11 is 0. The van der Waals surface area contributed by atoms with E-state index in [-0.39, 0.29) is 30.6 Å². The van der Waals surface area contributed by atoms with E-state index in [0.29, 0.717) is 17.2 Å². The summed E-state index contributed by atoms with van der Waals surface area (Å²) in [4.78, 5) is -0.209. The number of ether oxygens (including phenoxy) is 4. The summed E-state index contributed by atoms with van der Waals surface area (Å²) in [5.74, 6) is 6.33. The van der Waals surface area contributed by atoms with E-state index in [1.54, 1.807) is 18.2 Å². The van der Waals surface area contributed by atoms with Gasteiger partial charge < -0.3 is 18.9 Å². The number of benzene rings is 2. The Labute approximate surface area is 156 Å². The second kappa shape index (κ2) is 8.16. The van der Waals surface area contributed by atoms with Crippen LogP contribution in [-0.4, -0.2) is 35.5 Å². The van der Waals surface area contributed by atoms with E-state index in [0.717, 1.165) is 6.07 Å². The molecule has 0 spiro atoms. The molecule has 0 radical (unpaired) electrons. The number of sulfonamides is 1.